The first-order valence-corrected chi connectivity index (χ1v) is 7.75. The number of nitrogens with one attached hydrogen (secondary N) is 1. The summed E-state index contributed by atoms with van der Waals surface area (Å²) in [5.41, 5.74) is 3.47. The van der Waals surface area contributed by atoms with Crippen molar-refractivity contribution in [2.75, 3.05) is 6.54 Å². The van der Waals surface area contributed by atoms with Crippen molar-refractivity contribution in [1.29, 1.82) is 0 Å². The highest BCUT2D eigenvalue weighted by atomic mass is 32.2. The Kier molecular flexibility index (Phi) is 3.70. The van der Waals surface area contributed by atoms with E-state index < -0.39 is 10.0 Å². The molecule has 5 nitrogen and oxygen atoms in total. The molecule has 0 saturated heterocycles. The van der Waals surface area contributed by atoms with Gasteiger partial charge in [0, 0.05) is 19.1 Å². The van der Waals surface area contributed by atoms with Crippen LogP contribution in [0.15, 0.2) is 29.2 Å². The van der Waals surface area contributed by atoms with E-state index in [-0.39, 0.29) is 11.5 Å². The molecule has 1 aromatic carbocycles. The normalized spacial score (nSPS) is 20.2. The maximum Gasteiger partial charge on any atom is 0.243 e. The number of hydrogen-bond acceptors (Lipinski definition) is 4. The van der Waals surface area contributed by atoms with Gasteiger partial charge in [-0.05, 0) is 17.0 Å². The number of nitrogens with zero attached hydrogens (tertiary/aromatic N) is 1. The quantitative estimate of drug-likeness (QED) is 0.643. The summed E-state index contributed by atoms with van der Waals surface area (Å²) < 4.78 is 26.3. The molecule has 0 fully saturated rings. The number of sulfonamides is 1. The second kappa shape index (κ2) is 4.86. The maximum absolute atomic E-state index is 12.4. The van der Waals surface area contributed by atoms with Crippen LogP contribution in [0.3, 0.4) is 0 Å². The Bertz CT molecular complexity index is 563. The summed E-state index contributed by atoms with van der Waals surface area (Å²) in [5, 5.41) is 0. The Balaban J connectivity index is 2.26. The minimum absolute atomic E-state index is 0.100. The van der Waals surface area contributed by atoms with Gasteiger partial charge in [0.15, 0.2) is 0 Å². The average molecular weight is 283 g/mol. The van der Waals surface area contributed by atoms with Crippen molar-refractivity contribution in [2.45, 2.75) is 38.3 Å². The third-order valence-corrected chi connectivity index (χ3v) is 5.48. The topological polar surface area (TPSA) is 75.4 Å². The zero-order chi connectivity index (χ0) is 14.3. The van der Waals surface area contributed by atoms with Crippen LogP contribution in [0, 0.1) is 5.41 Å². The third kappa shape index (κ3) is 2.67. The van der Waals surface area contributed by atoms with Crippen LogP contribution in [0.25, 0.3) is 0 Å². The van der Waals surface area contributed by atoms with Crippen molar-refractivity contribution < 1.29 is 8.42 Å². The highest BCUT2D eigenvalue weighted by molar-refractivity contribution is 7.89. The molecule has 19 heavy (non-hydrogen) atoms. The van der Waals surface area contributed by atoms with Crippen LogP contribution in [-0.4, -0.2) is 25.3 Å². The lowest BCUT2D eigenvalue weighted by molar-refractivity contribution is 0.226. The number of fused-ring (bicyclic) bond motifs is 1. The van der Waals surface area contributed by atoms with E-state index >= 15 is 0 Å². The molecule has 2 rings (SSSR count). The van der Waals surface area contributed by atoms with E-state index in [0.29, 0.717) is 18.0 Å². The fraction of sp³-hybridized carbons (Fsp3) is 0.538. The fourth-order valence-electron chi connectivity index (χ4n) is 2.24. The van der Waals surface area contributed by atoms with E-state index in [4.69, 9.17) is 5.84 Å². The van der Waals surface area contributed by atoms with E-state index in [1.54, 1.807) is 12.1 Å². The van der Waals surface area contributed by atoms with Gasteiger partial charge in [-0.3, -0.25) is 11.3 Å². The summed E-state index contributed by atoms with van der Waals surface area (Å²) in [6.07, 6.45) is 0. The number of rotatable bonds is 3. The molecule has 1 aliphatic rings. The minimum Gasteiger partial charge on any atom is -0.271 e. The van der Waals surface area contributed by atoms with Crippen LogP contribution in [0.2, 0.25) is 0 Å². The highest BCUT2D eigenvalue weighted by Gasteiger charge is 2.37. The van der Waals surface area contributed by atoms with E-state index in [9.17, 15) is 8.42 Å². The Labute approximate surface area is 114 Å². The van der Waals surface area contributed by atoms with E-state index in [1.165, 1.54) is 4.31 Å². The number of nitrogens with two attached hydrogens (primary N) is 1. The van der Waals surface area contributed by atoms with Crippen LogP contribution in [0.1, 0.15) is 26.3 Å². The molecule has 0 amide bonds. The molecular weight excluding hydrogens is 262 g/mol. The van der Waals surface area contributed by atoms with Gasteiger partial charge in [0.1, 0.15) is 0 Å². The lowest BCUT2D eigenvalue weighted by atomic mass is 9.87. The fourth-order valence-corrected chi connectivity index (χ4v) is 3.89. The molecule has 0 spiro atoms. The highest BCUT2D eigenvalue weighted by Crippen LogP contribution is 2.31. The van der Waals surface area contributed by atoms with Gasteiger partial charge in [0.2, 0.25) is 10.0 Å². The van der Waals surface area contributed by atoms with Crippen LogP contribution in [0.5, 0.6) is 0 Å². The predicted octanol–water partition coefficient (Wildman–Crippen LogP) is 1.07. The first kappa shape index (κ1) is 14.5. The lowest BCUT2D eigenvalue weighted by Gasteiger charge is -2.32. The second-order valence-electron chi connectivity index (χ2n) is 5.99. The summed E-state index contributed by atoms with van der Waals surface area (Å²) in [7, 11) is -3.37. The van der Waals surface area contributed by atoms with Crippen molar-refractivity contribution in [1.82, 2.24) is 9.73 Å². The molecule has 0 aromatic heterocycles. The molecule has 3 N–H and O–H groups in total. The molecule has 6 heteroatoms. The van der Waals surface area contributed by atoms with Gasteiger partial charge in [0.05, 0.1) is 4.90 Å². The Morgan fingerprint density at radius 2 is 2.00 bits per heavy atom. The zero-order valence-electron chi connectivity index (χ0n) is 11.6. The van der Waals surface area contributed by atoms with Crippen molar-refractivity contribution in [3.8, 4) is 0 Å². The van der Waals surface area contributed by atoms with Gasteiger partial charge in [-0.2, -0.15) is 4.31 Å². The summed E-state index contributed by atoms with van der Waals surface area (Å²) in [6, 6.07) is 7.03. The molecular formula is C13H21N3O2S. The largest absolute Gasteiger partial charge is 0.271 e. The molecule has 0 bridgehead atoms. The standard InChI is InChI=1S/C13H21N3O2S/c1-13(2,3)12(15-14)9-16-8-10-6-4-5-7-11(10)19(16,17)18/h4-7,12,15H,8-9,14H2,1-3H3/t12-/m1/s1. The van der Waals surface area contributed by atoms with Crippen molar-refractivity contribution in [2.24, 2.45) is 11.3 Å². The van der Waals surface area contributed by atoms with Gasteiger partial charge < -0.3 is 0 Å². The molecule has 106 valence electrons. The zero-order valence-corrected chi connectivity index (χ0v) is 12.4. The summed E-state index contributed by atoms with van der Waals surface area (Å²) in [6.45, 7) is 6.90. The molecule has 0 aliphatic carbocycles. The van der Waals surface area contributed by atoms with Gasteiger partial charge in [0.25, 0.3) is 0 Å². The molecule has 1 aliphatic heterocycles. The van der Waals surface area contributed by atoms with Gasteiger partial charge in [-0.15, -0.1) is 0 Å². The summed E-state index contributed by atoms with van der Waals surface area (Å²) in [5.74, 6) is 5.56. The van der Waals surface area contributed by atoms with E-state index in [2.05, 4.69) is 5.43 Å². The maximum atomic E-state index is 12.4. The van der Waals surface area contributed by atoms with Gasteiger partial charge in [-0.1, -0.05) is 39.0 Å². The smallest absolute Gasteiger partial charge is 0.243 e. The third-order valence-electron chi connectivity index (χ3n) is 3.57. The van der Waals surface area contributed by atoms with Crippen molar-refractivity contribution in [3.63, 3.8) is 0 Å². The number of benzene rings is 1. The van der Waals surface area contributed by atoms with E-state index in [0.717, 1.165) is 5.56 Å². The Morgan fingerprint density at radius 3 is 2.53 bits per heavy atom. The molecule has 0 unspecified atom stereocenters. The van der Waals surface area contributed by atoms with Crippen LogP contribution in [-0.2, 0) is 16.6 Å². The average Bonchev–Trinajstić information content (AvgIpc) is 2.57. The first-order valence-electron chi connectivity index (χ1n) is 6.31. The van der Waals surface area contributed by atoms with Gasteiger partial charge >= 0.3 is 0 Å². The summed E-state index contributed by atoms with van der Waals surface area (Å²) in [4.78, 5) is 0.416. The Morgan fingerprint density at radius 1 is 1.37 bits per heavy atom. The minimum atomic E-state index is -3.37. The van der Waals surface area contributed by atoms with Crippen LogP contribution >= 0.6 is 0 Å². The lowest BCUT2D eigenvalue weighted by Crippen LogP contribution is -2.51. The molecule has 1 atom stereocenters. The first-order chi connectivity index (χ1) is 8.76. The molecule has 1 heterocycles. The monoisotopic (exact) mass is 283 g/mol. The molecule has 0 radical (unpaired) electrons. The molecule has 1 aromatic rings. The van der Waals surface area contributed by atoms with Crippen molar-refractivity contribution >= 4 is 10.0 Å². The number of hydrogen-bond donors (Lipinski definition) is 2. The van der Waals surface area contributed by atoms with Crippen molar-refractivity contribution in [3.05, 3.63) is 29.8 Å². The second-order valence-corrected chi connectivity index (χ2v) is 7.90. The van der Waals surface area contributed by atoms with E-state index in [1.807, 2.05) is 32.9 Å². The predicted molar refractivity (Wildman–Crippen MR) is 74.6 cm³/mol. The summed E-state index contributed by atoms with van der Waals surface area (Å²) >= 11 is 0. The Hall–Kier alpha value is -0.950. The number of hydrazine groups is 1. The molecule has 0 saturated carbocycles. The SMILES string of the molecule is CC(C)(C)[C@@H](CN1Cc2ccccc2S1(=O)=O)NN. The van der Waals surface area contributed by atoms with Crippen LogP contribution < -0.4 is 11.3 Å². The van der Waals surface area contributed by atoms with Crippen LogP contribution in [0.4, 0.5) is 0 Å². The van der Waals surface area contributed by atoms with Gasteiger partial charge in [-0.25, -0.2) is 8.42 Å².